The zero-order valence-corrected chi connectivity index (χ0v) is 21.9. The first-order valence-electron chi connectivity index (χ1n) is 11.3. The summed E-state index contributed by atoms with van der Waals surface area (Å²) < 4.78 is 24.5. The van der Waals surface area contributed by atoms with Crippen LogP contribution >= 0.6 is 31.9 Å². The molecule has 0 heterocycles. The average molecular weight is 588 g/mol. The lowest BCUT2D eigenvalue weighted by Crippen LogP contribution is -2.30. The third kappa shape index (κ3) is 7.08. The van der Waals surface area contributed by atoms with Crippen LogP contribution in [-0.4, -0.2) is 76.3 Å². The largest absolute Gasteiger partial charge is 0.394 e. The number of benzene rings is 2. The summed E-state index contributed by atoms with van der Waals surface area (Å²) in [4.78, 5) is 0. The van der Waals surface area contributed by atoms with Gasteiger partial charge in [0.15, 0.2) is 0 Å². The van der Waals surface area contributed by atoms with Crippen LogP contribution in [0.4, 0.5) is 0 Å². The molecule has 1 aliphatic carbocycles. The third-order valence-electron chi connectivity index (χ3n) is 5.85. The Bertz CT molecular complexity index is 804. The van der Waals surface area contributed by atoms with Crippen LogP contribution in [0.25, 0.3) is 11.1 Å². The molecular weight excluding hydrogens is 556 g/mol. The lowest BCUT2D eigenvalue weighted by molar-refractivity contribution is 0.0208. The van der Waals surface area contributed by atoms with Crippen LogP contribution in [0.5, 0.6) is 0 Å². The molecule has 8 heteroatoms. The van der Waals surface area contributed by atoms with Crippen molar-refractivity contribution in [2.45, 2.75) is 18.3 Å². The van der Waals surface area contributed by atoms with Crippen molar-refractivity contribution < 1.29 is 29.2 Å². The van der Waals surface area contributed by atoms with Crippen molar-refractivity contribution in [3.63, 3.8) is 0 Å². The Hall–Kier alpha value is -0.840. The fraction of sp³-hybridized carbons (Fsp3) is 0.520. The van der Waals surface area contributed by atoms with Crippen molar-refractivity contribution in [2.75, 3.05) is 66.1 Å². The summed E-state index contributed by atoms with van der Waals surface area (Å²) in [6, 6.07) is 13.0. The van der Waals surface area contributed by atoms with E-state index in [0.29, 0.717) is 52.9 Å². The Kier molecular flexibility index (Phi) is 11.3. The summed E-state index contributed by atoms with van der Waals surface area (Å²) in [5.74, 6) is 0. The number of ether oxygens (including phenoxy) is 4. The maximum atomic E-state index is 8.84. The molecule has 2 aromatic carbocycles. The molecule has 0 saturated heterocycles. The minimum atomic E-state index is -0.240. The SMILES string of the molecule is OCCOCCOCCC1(CCOCCOCCO)c2cc(Br)ccc2-c2ccc(Br)cc21. The van der Waals surface area contributed by atoms with E-state index in [9.17, 15) is 0 Å². The van der Waals surface area contributed by atoms with E-state index in [-0.39, 0.29) is 18.6 Å². The second-order valence-corrected chi connectivity index (χ2v) is 9.69. The first-order chi connectivity index (χ1) is 16.1. The van der Waals surface area contributed by atoms with Gasteiger partial charge < -0.3 is 29.2 Å². The Morgan fingerprint density at radius 1 is 0.576 bits per heavy atom. The zero-order chi connectivity index (χ0) is 23.5. The van der Waals surface area contributed by atoms with E-state index in [4.69, 9.17) is 29.2 Å². The van der Waals surface area contributed by atoms with Crippen LogP contribution in [0.3, 0.4) is 0 Å². The van der Waals surface area contributed by atoms with Gasteiger partial charge in [0.05, 0.1) is 52.9 Å². The summed E-state index contributed by atoms with van der Waals surface area (Å²) in [6.07, 6.45) is 1.62. The van der Waals surface area contributed by atoms with Crippen LogP contribution in [0.2, 0.25) is 0 Å². The highest BCUT2D eigenvalue weighted by molar-refractivity contribution is 9.10. The summed E-state index contributed by atoms with van der Waals surface area (Å²) in [5.41, 5.74) is 4.82. The van der Waals surface area contributed by atoms with Crippen LogP contribution in [0.1, 0.15) is 24.0 Å². The highest BCUT2D eigenvalue weighted by Crippen LogP contribution is 2.54. The fourth-order valence-corrected chi connectivity index (χ4v) is 5.09. The molecule has 6 nitrogen and oxygen atoms in total. The van der Waals surface area contributed by atoms with Crippen LogP contribution < -0.4 is 0 Å². The van der Waals surface area contributed by atoms with Gasteiger partial charge in [-0.3, -0.25) is 0 Å². The molecule has 0 unspecified atom stereocenters. The topological polar surface area (TPSA) is 77.4 Å². The van der Waals surface area contributed by atoms with Crippen LogP contribution in [0.15, 0.2) is 45.3 Å². The van der Waals surface area contributed by atoms with Gasteiger partial charge in [-0.15, -0.1) is 0 Å². The molecule has 0 bridgehead atoms. The average Bonchev–Trinajstić information content (AvgIpc) is 3.06. The van der Waals surface area contributed by atoms with Gasteiger partial charge in [-0.2, -0.15) is 0 Å². The second-order valence-electron chi connectivity index (χ2n) is 7.86. The van der Waals surface area contributed by atoms with Crippen molar-refractivity contribution in [2.24, 2.45) is 0 Å². The van der Waals surface area contributed by atoms with Gasteiger partial charge in [0.25, 0.3) is 0 Å². The predicted octanol–water partition coefficient (Wildman–Crippen LogP) is 4.31. The number of rotatable bonds is 16. The molecule has 0 saturated carbocycles. The Labute approximate surface area is 212 Å². The molecule has 33 heavy (non-hydrogen) atoms. The second kappa shape index (κ2) is 13.9. The smallest absolute Gasteiger partial charge is 0.0701 e. The molecule has 3 rings (SSSR count). The van der Waals surface area contributed by atoms with Crippen molar-refractivity contribution in [3.05, 3.63) is 56.5 Å². The minimum absolute atomic E-state index is 0.0193. The van der Waals surface area contributed by atoms with E-state index in [1.165, 1.54) is 22.3 Å². The van der Waals surface area contributed by atoms with Crippen LogP contribution in [0, 0.1) is 0 Å². The summed E-state index contributed by atoms with van der Waals surface area (Å²) in [5, 5.41) is 17.7. The molecule has 2 N–H and O–H groups in total. The van der Waals surface area contributed by atoms with Gasteiger partial charge in [0.1, 0.15) is 0 Å². The van der Waals surface area contributed by atoms with Crippen molar-refractivity contribution in [3.8, 4) is 11.1 Å². The minimum Gasteiger partial charge on any atom is -0.394 e. The fourth-order valence-electron chi connectivity index (χ4n) is 4.37. The van der Waals surface area contributed by atoms with Gasteiger partial charge in [0, 0.05) is 27.6 Å². The molecule has 2 aromatic rings. The molecule has 0 amide bonds. The van der Waals surface area contributed by atoms with Gasteiger partial charge in [0.2, 0.25) is 0 Å². The number of hydrogen-bond acceptors (Lipinski definition) is 6. The van der Waals surface area contributed by atoms with Crippen molar-refractivity contribution in [1.29, 1.82) is 0 Å². The molecule has 182 valence electrons. The van der Waals surface area contributed by atoms with E-state index in [1.807, 2.05) is 0 Å². The first kappa shape index (κ1) is 26.8. The quantitative estimate of drug-likeness (QED) is 0.285. The lowest BCUT2D eigenvalue weighted by atomic mass is 9.73. The third-order valence-corrected chi connectivity index (χ3v) is 6.83. The molecule has 0 aromatic heterocycles. The predicted molar refractivity (Wildman–Crippen MR) is 135 cm³/mol. The van der Waals surface area contributed by atoms with E-state index in [0.717, 1.165) is 21.8 Å². The monoisotopic (exact) mass is 586 g/mol. The van der Waals surface area contributed by atoms with Gasteiger partial charge in [-0.05, 0) is 59.4 Å². The normalized spacial score (nSPS) is 13.8. The first-order valence-corrected chi connectivity index (χ1v) is 12.8. The molecule has 1 aliphatic rings. The van der Waals surface area contributed by atoms with Crippen LogP contribution in [-0.2, 0) is 24.4 Å². The van der Waals surface area contributed by atoms with Crippen molar-refractivity contribution >= 4 is 31.9 Å². The molecule has 0 radical (unpaired) electrons. The number of aliphatic hydroxyl groups is 2. The molecule has 0 fully saturated rings. The van der Waals surface area contributed by atoms with Gasteiger partial charge in [-0.1, -0.05) is 44.0 Å². The zero-order valence-electron chi connectivity index (χ0n) is 18.7. The van der Waals surface area contributed by atoms with E-state index < -0.39 is 0 Å². The van der Waals surface area contributed by atoms with Crippen molar-refractivity contribution in [1.82, 2.24) is 0 Å². The Morgan fingerprint density at radius 3 is 1.36 bits per heavy atom. The highest BCUT2D eigenvalue weighted by Gasteiger charge is 2.43. The Balaban J connectivity index is 1.77. The standard InChI is InChI=1S/C25H32Br2O6/c26-19-1-3-21-22-4-2-20(27)18-24(22)25(23(21)17-19,5-9-30-13-15-32-11-7-28)6-10-31-14-16-33-12-8-29/h1-4,17-18,28-29H,5-16H2. The Morgan fingerprint density at radius 2 is 0.970 bits per heavy atom. The highest BCUT2D eigenvalue weighted by atomic mass is 79.9. The number of fused-ring (bicyclic) bond motifs is 3. The molecular formula is C25H32Br2O6. The summed E-state index contributed by atoms with van der Waals surface area (Å²) >= 11 is 7.33. The summed E-state index contributed by atoms with van der Waals surface area (Å²) in [7, 11) is 0. The lowest BCUT2D eigenvalue weighted by Gasteiger charge is -2.32. The molecule has 0 atom stereocenters. The maximum absolute atomic E-state index is 8.84. The maximum Gasteiger partial charge on any atom is 0.0701 e. The van der Waals surface area contributed by atoms with Gasteiger partial charge in [-0.25, -0.2) is 0 Å². The van der Waals surface area contributed by atoms with Gasteiger partial charge >= 0.3 is 0 Å². The van der Waals surface area contributed by atoms with E-state index in [2.05, 4.69) is 68.3 Å². The van der Waals surface area contributed by atoms with E-state index >= 15 is 0 Å². The molecule has 0 aliphatic heterocycles. The summed E-state index contributed by atoms with van der Waals surface area (Å²) in [6.45, 7) is 3.78. The molecule has 0 spiro atoms. The number of hydrogen-bond donors (Lipinski definition) is 2. The number of halogens is 2. The van der Waals surface area contributed by atoms with E-state index in [1.54, 1.807) is 0 Å². The number of aliphatic hydroxyl groups excluding tert-OH is 2.